The molecule has 0 bridgehead atoms. The Morgan fingerprint density at radius 1 is 1.26 bits per heavy atom. The van der Waals surface area contributed by atoms with Crippen molar-refractivity contribution in [2.45, 2.75) is 0 Å². The monoisotopic (exact) mass is 259 g/mol. The summed E-state index contributed by atoms with van der Waals surface area (Å²) in [6, 6.07) is 6.75. The van der Waals surface area contributed by atoms with Gasteiger partial charge in [-0.2, -0.15) is 0 Å². The second-order valence-electron chi connectivity index (χ2n) is 3.84. The first-order valence-corrected chi connectivity index (χ1v) is 5.54. The number of hydrogen-bond acceptors (Lipinski definition) is 3. The lowest BCUT2D eigenvalue weighted by Crippen LogP contribution is -2.11. The lowest BCUT2D eigenvalue weighted by molar-refractivity contribution is 0.100. The number of nitrogens with two attached hydrogens (primary N) is 1. The molecule has 0 saturated carbocycles. The second-order valence-corrected chi connectivity index (χ2v) is 3.84. The number of para-hydroxylation sites is 1. The van der Waals surface area contributed by atoms with Crippen molar-refractivity contribution in [2.75, 3.05) is 7.11 Å². The van der Waals surface area contributed by atoms with Crippen LogP contribution in [0.25, 0.3) is 21.8 Å². The maximum atomic E-state index is 11.3. The van der Waals surface area contributed by atoms with Gasteiger partial charge in [-0.05, 0) is 6.07 Å². The first-order valence-electron chi connectivity index (χ1n) is 5.54. The summed E-state index contributed by atoms with van der Waals surface area (Å²) in [6.45, 7) is 0. The number of aromatic amines is 2. The Bertz CT molecular complexity index is 802. The lowest BCUT2D eigenvalue weighted by atomic mass is 10.1. The van der Waals surface area contributed by atoms with Crippen molar-refractivity contribution in [3.05, 3.63) is 46.4 Å². The minimum Gasteiger partial charge on any atom is -0.400 e. The molecule has 0 aliphatic carbocycles. The van der Waals surface area contributed by atoms with Crippen molar-refractivity contribution in [1.29, 1.82) is 0 Å². The summed E-state index contributed by atoms with van der Waals surface area (Å²) < 4.78 is 0. The van der Waals surface area contributed by atoms with Crippen LogP contribution >= 0.6 is 0 Å². The maximum absolute atomic E-state index is 11.3. The molecule has 0 radical (unpaired) electrons. The molecule has 1 aromatic carbocycles. The molecule has 2 aromatic heterocycles. The van der Waals surface area contributed by atoms with Crippen molar-refractivity contribution >= 4 is 27.7 Å². The molecular weight excluding hydrogens is 246 g/mol. The topological polar surface area (TPSA) is 112 Å². The van der Waals surface area contributed by atoms with Crippen LogP contribution in [0.3, 0.4) is 0 Å². The number of nitrogens with one attached hydrogen (secondary N) is 2. The Labute approximate surface area is 107 Å². The van der Waals surface area contributed by atoms with Crippen molar-refractivity contribution < 1.29 is 9.90 Å². The van der Waals surface area contributed by atoms with Gasteiger partial charge >= 0.3 is 0 Å². The zero-order valence-electron chi connectivity index (χ0n) is 10.2. The number of amides is 1. The Kier molecular flexibility index (Phi) is 3.35. The number of aliphatic hydroxyl groups excluding tert-OH is 1. The third kappa shape index (κ3) is 2.09. The van der Waals surface area contributed by atoms with E-state index in [-0.39, 0.29) is 5.56 Å². The number of hydrogen-bond donors (Lipinski definition) is 4. The van der Waals surface area contributed by atoms with Gasteiger partial charge in [-0.3, -0.25) is 9.59 Å². The predicted molar refractivity (Wildman–Crippen MR) is 73.1 cm³/mol. The van der Waals surface area contributed by atoms with Crippen LogP contribution in [0.4, 0.5) is 0 Å². The standard InChI is InChI=1S/C12H9N3O2.CH4O/c13-12(17)7-3-1-2-6-8-5-14-10(16)4-9(8)15-11(6)7;1-2/h1-5,15H,(H2,13,17)(H,14,16);2H,1H3. The molecule has 0 saturated heterocycles. The number of rotatable bonds is 1. The molecule has 5 N–H and O–H groups in total. The van der Waals surface area contributed by atoms with E-state index in [0.29, 0.717) is 16.6 Å². The quantitative estimate of drug-likeness (QED) is 0.516. The van der Waals surface area contributed by atoms with Gasteiger partial charge in [0, 0.05) is 30.1 Å². The van der Waals surface area contributed by atoms with Gasteiger partial charge in [-0.1, -0.05) is 12.1 Å². The number of primary amides is 1. The van der Waals surface area contributed by atoms with Crippen molar-refractivity contribution in [3.63, 3.8) is 0 Å². The number of fused-ring (bicyclic) bond motifs is 3. The fraction of sp³-hybridized carbons (Fsp3) is 0.0769. The van der Waals surface area contributed by atoms with Gasteiger partial charge in [0.15, 0.2) is 0 Å². The van der Waals surface area contributed by atoms with Gasteiger partial charge in [0.2, 0.25) is 5.56 Å². The van der Waals surface area contributed by atoms with E-state index in [1.165, 1.54) is 6.07 Å². The van der Waals surface area contributed by atoms with Crippen LogP contribution in [-0.4, -0.2) is 28.1 Å². The smallest absolute Gasteiger partial charge is 0.250 e. The summed E-state index contributed by atoms with van der Waals surface area (Å²) in [4.78, 5) is 28.2. The minimum atomic E-state index is -0.492. The highest BCUT2D eigenvalue weighted by atomic mass is 16.2. The summed E-state index contributed by atoms with van der Waals surface area (Å²) in [5.41, 5.74) is 6.89. The van der Waals surface area contributed by atoms with E-state index >= 15 is 0 Å². The molecule has 0 fully saturated rings. The molecule has 98 valence electrons. The highest BCUT2D eigenvalue weighted by Crippen LogP contribution is 2.25. The van der Waals surface area contributed by atoms with Crippen LogP contribution in [0.1, 0.15) is 10.4 Å². The van der Waals surface area contributed by atoms with Gasteiger partial charge < -0.3 is 20.8 Å². The van der Waals surface area contributed by atoms with E-state index < -0.39 is 5.91 Å². The van der Waals surface area contributed by atoms with Crippen LogP contribution in [0.15, 0.2) is 35.3 Å². The number of pyridine rings is 1. The number of benzene rings is 1. The number of carbonyl (C=O) groups is 1. The summed E-state index contributed by atoms with van der Waals surface area (Å²) in [5, 5.41) is 8.73. The van der Waals surface area contributed by atoms with E-state index in [4.69, 9.17) is 10.8 Å². The predicted octanol–water partition coefficient (Wildman–Crippen LogP) is 0.717. The maximum Gasteiger partial charge on any atom is 0.250 e. The normalized spacial score (nSPS) is 10.2. The Morgan fingerprint density at radius 3 is 2.68 bits per heavy atom. The average Bonchev–Trinajstić information content (AvgIpc) is 2.77. The number of aromatic nitrogens is 2. The lowest BCUT2D eigenvalue weighted by Gasteiger charge is -1.96. The fourth-order valence-corrected chi connectivity index (χ4v) is 2.05. The van der Waals surface area contributed by atoms with Gasteiger partial charge in [0.25, 0.3) is 5.91 Å². The molecule has 19 heavy (non-hydrogen) atoms. The first kappa shape index (κ1) is 12.8. The molecule has 0 unspecified atom stereocenters. The van der Waals surface area contributed by atoms with Crippen LogP contribution in [0.5, 0.6) is 0 Å². The minimum absolute atomic E-state index is 0.190. The molecule has 1 amide bonds. The van der Waals surface area contributed by atoms with Crippen LogP contribution in [0.2, 0.25) is 0 Å². The van der Waals surface area contributed by atoms with Crippen LogP contribution in [-0.2, 0) is 0 Å². The summed E-state index contributed by atoms with van der Waals surface area (Å²) in [5.74, 6) is -0.492. The van der Waals surface area contributed by atoms with Gasteiger partial charge in [-0.15, -0.1) is 0 Å². The van der Waals surface area contributed by atoms with E-state index in [9.17, 15) is 9.59 Å². The molecule has 2 heterocycles. The van der Waals surface area contributed by atoms with Gasteiger partial charge in [0.1, 0.15) is 0 Å². The van der Waals surface area contributed by atoms with Gasteiger partial charge in [0.05, 0.1) is 16.6 Å². The zero-order chi connectivity index (χ0) is 14.0. The van der Waals surface area contributed by atoms with Crippen molar-refractivity contribution in [2.24, 2.45) is 5.73 Å². The van der Waals surface area contributed by atoms with Crippen LogP contribution in [0, 0.1) is 0 Å². The second kappa shape index (κ2) is 4.95. The summed E-state index contributed by atoms with van der Waals surface area (Å²) >= 11 is 0. The number of H-pyrrole nitrogens is 2. The van der Waals surface area contributed by atoms with Crippen molar-refractivity contribution in [1.82, 2.24) is 9.97 Å². The molecule has 6 heteroatoms. The van der Waals surface area contributed by atoms with Gasteiger partial charge in [-0.25, -0.2) is 0 Å². The molecule has 3 aromatic rings. The molecule has 0 atom stereocenters. The Balaban J connectivity index is 0.000000637. The van der Waals surface area contributed by atoms with E-state index in [1.54, 1.807) is 18.3 Å². The SMILES string of the molecule is CO.NC(=O)c1cccc2c1[nH]c1cc(=O)[nH]cc12. The molecule has 0 spiro atoms. The molecule has 6 nitrogen and oxygen atoms in total. The Morgan fingerprint density at radius 2 is 2.00 bits per heavy atom. The molecule has 0 aliphatic heterocycles. The largest absolute Gasteiger partial charge is 0.400 e. The summed E-state index contributed by atoms with van der Waals surface area (Å²) in [7, 11) is 1.00. The average molecular weight is 259 g/mol. The van der Waals surface area contributed by atoms with E-state index in [2.05, 4.69) is 9.97 Å². The van der Waals surface area contributed by atoms with E-state index in [1.807, 2.05) is 6.07 Å². The number of carbonyl (C=O) groups excluding carboxylic acids is 1. The molecule has 0 aliphatic rings. The van der Waals surface area contributed by atoms with E-state index in [0.717, 1.165) is 17.9 Å². The fourth-order valence-electron chi connectivity index (χ4n) is 2.05. The highest BCUT2D eigenvalue weighted by molar-refractivity contribution is 6.14. The third-order valence-electron chi connectivity index (χ3n) is 2.80. The van der Waals surface area contributed by atoms with Crippen molar-refractivity contribution in [3.8, 4) is 0 Å². The Hall–Kier alpha value is -2.60. The molecule has 3 rings (SSSR count). The molecular formula is C13H13N3O3. The van der Waals surface area contributed by atoms with Crippen LogP contribution < -0.4 is 11.3 Å². The third-order valence-corrected chi connectivity index (χ3v) is 2.80. The first-order chi connectivity index (χ1) is 9.16. The zero-order valence-corrected chi connectivity index (χ0v) is 10.2. The number of aliphatic hydroxyl groups is 1. The summed E-state index contributed by atoms with van der Waals surface area (Å²) in [6.07, 6.45) is 1.63. The highest BCUT2D eigenvalue weighted by Gasteiger charge is 2.11.